The molecule has 3 N–H and O–H groups in total. The number of aryl methyl sites for hydroxylation is 1. The predicted octanol–water partition coefficient (Wildman–Crippen LogP) is 3.90. The summed E-state index contributed by atoms with van der Waals surface area (Å²) in [7, 11) is 1.27. The minimum Gasteiger partial charge on any atom is -0.465 e. The van der Waals surface area contributed by atoms with Gasteiger partial charge in [0.15, 0.2) is 0 Å². The first-order valence-electron chi connectivity index (χ1n) is 6.13. The first kappa shape index (κ1) is 15.1. The van der Waals surface area contributed by atoms with Crippen molar-refractivity contribution in [3.63, 3.8) is 0 Å². The molecule has 0 bridgehead atoms. The van der Waals surface area contributed by atoms with Gasteiger partial charge < -0.3 is 15.8 Å². The van der Waals surface area contributed by atoms with Crippen LogP contribution >= 0.6 is 11.6 Å². The van der Waals surface area contributed by atoms with Gasteiger partial charge in [-0.05, 0) is 36.8 Å². The zero-order valence-corrected chi connectivity index (χ0v) is 12.3. The monoisotopic (exact) mass is 308 g/mol. The van der Waals surface area contributed by atoms with Crippen molar-refractivity contribution >= 4 is 34.6 Å². The molecule has 0 heterocycles. The number of esters is 1. The van der Waals surface area contributed by atoms with Gasteiger partial charge in [0.1, 0.15) is 5.82 Å². The Kier molecular flexibility index (Phi) is 4.33. The van der Waals surface area contributed by atoms with Gasteiger partial charge in [0.25, 0.3) is 0 Å². The Hall–Kier alpha value is -2.27. The average molecular weight is 309 g/mol. The molecule has 2 aromatic rings. The maximum Gasteiger partial charge on any atom is 0.340 e. The lowest BCUT2D eigenvalue weighted by Gasteiger charge is -2.13. The molecule has 4 nitrogen and oxygen atoms in total. The Morgan fingerprint density at radius 2 is 2.10 bits per heavy atom. The average Bonchev–Trinajstić information content (AvgIpc) is 2.45. The highest BCUT2D eigenvalue weighted by molar-refractivity contribution is 6.33. The molecule has 2 aromatic carbocycles. The normalized spacial score (nSPS) is 10.3. The molecule has 0 aliphatic heterocycles. The molecule has 0 atom stereocenters. The van der Waals surface area contributed by atoms with Crippen molar-refractivity contribution in [2.75, 3.05) is 18.2 Å². The molecule has 0 aliphatic carbocycles. The molecule has 0 fully saturated rings. The Balaban J connectivity index is 2.46. The summed E-state index contributed by atoms with van der Waals surface area (Å²) in [4.78, 5) is 11.7. The van der Waals surface area contributed by atoms with Gasteiger partial charge >= 0.3 is 5.97 Å². The van der Waals surface area contributed by atoms with Gasteiger partial charge in [0, 0.05) is 11.4 Å². The molecule has 0 unspecified atom stereocenters. The van der Waals surface area contributed by atoms with Gasteiger partial charge in [0.2, 0.25) is 0 Å². The maximum atomic E-state index is 13.8. The van der Waals surface area contributed by atoms with Crippen molar-refractivity contribution in [2.24, 2.45) is 0 Å². The molecule has 0 amide bonds. The molecule has 0 saturated heterocycles. The lowest BCUT2D eigenvalue weighted by molar-refractivity contribution is 0.0602. The van der Waals surface area contributed by atoms with Gasteiger partial charge in [-0.3, -0.25) is 0 Å². The van der Waals surface area contributed by atoms with Crippen molar-refractivity contribution < 1.29 is 13.9 Å². The van der Waals surface area contributed by atoms with E-state index in [1.807, 2.05) is 0 Å². The van der Waals surface area contributed by atoms with Crippen LogP contribution in [0.5, 0.6) is 0 Å². The second-order valence-electron chi connectivity index (χ2n) is 4.47. The topological polar surface area (TPSA) is 64.3 Å². The largest absolute Gasteiger partial charge is 0.465 e. The Labute approximate surface area is 126 Å². The zero-order valence-electron chi connectivity index (χ0n) is 11.5. The van der Waals surface area contributed by atoms with Gasteiger partial charge in [-0.15, -0.1) is 0 Å². The van der Waals surface area contributed by atoms with Crippen LogP contribution in [0.2, 0.25) is 5.02 Å². The summed E-state index contributed by atoms with van der Waals surface area (Å²) < 4.78 is 18.5. The van der Waals surface area contributed by atoms with E-state index in [1.54, 1.807) is 19.1 Å². The highest BCUT2D eigenvalue weighted by atomic mass is 35.5. The SMILES string of the molecule is COC(=O)c1cc(Nc2c(F)cccc2Cl)cc(C)c1N. The number of para-hydroxylation sites is 1. The lowest BCUT2D eigenvalue weighted by atomic mass is 10.1. The first-order valence-corrected chi connectivity index (χ1v) is 6.51. The molecular weight excluding hydrogens is 295 g/mol. The van der Waals surface area contributed by atoms with Crippen LogP contribution in [0.25, 0.3) is 0 Å². The summed E-state index contributed by atoms with van der Waals surface area (Å²) >= 11 is 5.96. The highest BCUT2D eigenvalue weighted by Crippen LogP contribution is 2.31. The number of methoxy groups -OCH3 is 1. The Bertz CT molecular complexity index is 684. The van der Waals surface area contributed by atoms with Gasteiger partial charge in [-0.1, -0.05) is 17.7 Å². The van der Waals surface area contributed by atoms with Crippen molar-refractivity contribution in [2.45, 2.75) is 6.92 Å². The van der Waals surface area contributed by atoms with Crippen LogP contribution in [-0.2, 0) is 4.74 Å². The van der Waals surface area contributed by atoms with E-state index < -0.39 is 11.8 Å². The van der Waals surface area contributed by atoms with E-state index in [0.717, 1.165) is 0 Å². The molecule has 0 saturated carbocycles. The number of nitrogens with one attached hydrogen (secondary N) is 1. The van der Waals surface area contributed by atoms with Crippen LogP contribution in [0.3, 0.4) is 0 Å². The number of nitrogens with two attached hydrogens (primary N) is 1. The molecule has 21 heavy (non-hydrogen) atoms. The lowest BCUT2D eigenvalue weighted by Crippen LogP contribution is -2.08. The van der Waals surface area contributed by atoms with Crippen LogP contribution in [-0.4, -0.2) is 13.1 Å². The number of carbonyl (C=O) groups excluding carboxylic acids is 1. The predicted molar refractivity (Wildman–Crippen MR) is 81.6 cm³/mol. The third-order valence-electron chi connectivity index (χ3n) is 3.02. The number of anilines is 3. The van der Waals surface area contributed by atoms with E-state index in [1.165, 1.54) is 25.3 Å². The summed E-state index contributed by atoms with van der Waals surface area (Å²) in [6.45, 7) is 1.75. The standard InChI is InChI=1S/C15H14ClFN2O2/c1-8-6-9(7-10(13(8)18)15(20)21-2)19-14-11(16)4-3-5-12(14)17/h3-7,19H,18H2,1-2H3. The summed E-state index contributed by atoms with van der Waals surface area (Å²) in [5, 5.41) is 3.10. The summed E-state index contributed by atoms with van der Waals surface area (Å²) in [6.07, 6.45) is 0. The molecule has 6 heteroatoms. The van der Waals surface area contributed by atoms with Gasteiger partial charge in [0.05, 0.1) is 23.4 Å². The van der Waals surface area contributed by atoms with E-state index in [4.69, 9.17) is 17.3 Å². The smallest absolute Gasteiger partial charge is 0.340 e. The second-order valence-corrected chi connectivity index (χ2v) is 4.87. The van der Waals surface area contributed by atoms with Crippen molar-refractivity contribution in [3.05, 3.63) is 52.3 Å². The van der Waals surface area contributed by atoms with E-state index in [0.29, 0.717) is 16.9 Å². The zero-order chi connectivity index (χ0) is 15.6. The summed E-state index contributed by atoms with van der Waals surface area (Å²) in [5.74, 6) is -1.05. The fraction of sp³-hybridized carbons (Fsp3) is 0.133. The van der Waals surface area contributed by atoms with Crippen LogP contribution in [0.1, 0.15) is 15.9 Å². The molecule has 2 rings (SSSR count). The van der Waals surface area contributed by atoms with E-state index in [9.17, 15) is 9.18 Å². The molecular formula is C15H14ClFN2O2. The number of nitrogen functional groups attached to an aromatic ring is 1. The van der Waals surface area contributed by atoms with E-state index in [2.05, 4.69) is 10.1 Å². The number of rotatable bonds is 3. The van der Waals surface area contributed by atoms with Crippen molar-refractivity contribution in [3.8, 4) is 0 Å². The van der Waals surface area contributed by atoms with Crippen molar-refractivity contribution in [1.82, 2.24) is 0 Å². The number of halogens is 2. The minimum absolute atomic E-state index is 0.138. The van der Waals surface area contributed by atoms with E-state index in [-0.39, 0.29) is 16.3 Å². The van der Waals surface area contributed by atoms with Crippen LogP contribution < -0.4 is 11.1 Å². The fourth-order valence-corrected chi connectivity index (χ4v) is 2.12. The quantitative estimate of drug-likeness (QED) is 0.666. The third kappa shape index (κ3) is 3.08. The molecule has 0 aliphatic rings. The van der Waals surface area contributed by atoms with Gasteiger partial charge in [-0.25, -0.2) is 9.18 Å². The summed E-state index contributed by atoms with van der Waals surface area (Å²) in [6, 6.07) is 7.57. The number of ether oxygens (including phenoxy) is 1. The maximum absolute atomic E-state index is 13.8. The molecule has 110 valence electrons. The Morgan fingerprint density at radius 3 is 2.71 bits per heavy atom. The summed E-state index contributed by atoms with van der Waals surface area (Å²) in [5.41, 5.74) is 7.70. The van der Waals surface area contributed by atoms with E-state index >= 15 is 0 Å². The van der Waals surface area contributed by atoms with Crippen molar-refractivity contribution in [1.29, 1.82) is 0 Å². The Morgan fingerprint density at radius 1 is 1.38 bits per heavy atom. The minimum atomic E-state index is -0.557. The molecule has 0 aromatic heterocycles. The van der Waals surface area contributed by atoms with Crippen LogP contribution in [0, 0.1) is 12.7 Å². The van der Waals surface area contributed by atoms with Crippen LogP contribution in [0.4, 0.5) is 21.5 Å². The highest BCUT2D eigenvalue weighted by Gasteiger charge is 2.15. The molecule has 0 spiro atoms. The second kappa shape index (κ2) is 6.01. The number of hydrogen-bond acceptors (Lipinski definition) is 4. The number of carbonyl (C=O) groups is 1. The third-order valence-corrected chi connectivity index (χ3v) is 3.34. The molecule has 0 radical (unpaired) electrons. The van der Waals surface area contributed by atoms with Crippen LogP contribution in [0.15, 0.2) is 30.3 Å². The fourth-order valence-electron chi connectivity index (χ4n) is 1.91. The van der Waals surface area contributed by atoms with Gasteiger partial charge in [-0.2, -0.15) is 0 Å². The number of hydrogen-bond donors (Lipinski definition) is 2. The first-order chi connectivity index (χ1) is 9.93. The number of benzene rings is 2.